The predicted molar refractivity (Wildman–Crippen MR) is 51.8 cm³/mol. The van der Waals surface area contributed by atoms with E-state index in [0.717, 1.165) is 6.42 Å². The topological polar surface area (TPSA) is 64.3 Å². The minimum Gasteiger partial charge on any atom is -0.465 e. The molecule has 0 radical (unpaired) electrons. The Bertz CT molecular complexity index is 287. The normalized spacial score (nSPS) is 27.4. The van der Waals surface area contributed by atoms with Gasteiger partial charge in [0.2, 0.25) is 0 Å². The first-order valence-electron chi connectivity index (χ1n) is 4.77. The first-order valence-corrected chi connectivity index (χ1v) is 4.77. The number of rotatable bonds is 0. The molecule has 1 heterocycles. The van der Waals surface area contributed by atoms with Gasteiger partial charge >= 0.3 is 6.09 Å². The molecule has 1 aliphatic heterocycles. The van der Waals surface area contributed by atoms with Gasteiger partial charge in [0.25, 0.3) is 0 Å². The number of carboxylic acid groups (broad SMARTS) is 1. The van der Waals surface area contributed by atoms with Crippen molar-refractivity contribution in [3.05, 3.63) is 0 Å². The zero-order valence-electron chi connectivity index (χ0n) is 8.87. The Morgan fingerprint density at radius 1 is 1.57 bits per heavy atom. The van der Waals surface area contributed by atoms with E-state index in [-0.39, 0.29) is 5.41 Å². The van der Waals surface area contributed by atoms with Crippen molar-refractivity contribution in [2.45, 2.75) is 39.2 Å². The van der Waals surface area contributed by atoms with Gasteiger partial charge in [-0.15, -0.1) is 0 Å². The summed E-state index contributed by atoms with van der Waals surface area (Å²) in [5, 5.41) is 18.2. The number of amides is 1. The summed E-state index contributed by atoms with van der Waals surface area (Å²) in [6.45, 7) is 6.21. The minimum absolute atomic E-state index is 0.337. The van der Waals surface area contributed by atoms with Gasteiger partial charge in [0.05, 0.1) is 6.07 Å². The molecule has 0 aliphatic carbocycles. The SMILES string of the molecule is CC(C)(C)[C@]1(C#N)CCCN1C(=O)O. The molecule has 14 heavy (non-hydrogen) atoms. The number of nitriles is 1. The van der Waals surface area contributed by atoms with E-state index in [0.29, 0.717) is 13.0 Å². The van der Waals surface area contributed by atoms with Crippen molar-refractivity contribution < 1.29 is 9.90 Å². The first kappa shape index (κ1) is 10.8. The third-order valence-corrected chi connectivity index (χ3v) is 3.04. The van der Waals surface area contributed by atoms with Crippen LogP contribution < -0.4 is 0 Å². The average Bonchev–Trinajstić information content (AvgIpc) is 2.46. The molecule has 4 heteroatoms. The Kier molecular flexibility index (Phi) is 2.45. The van der Waals surface area contributed by atoms with Crippen LogP contribution in [0.1, 0.15) is 33.6 Å². The third kappa shape index (κ3) is 1.33. The van der Waals surface area contributed by atoms with Gasteiger partial charge in [-0.1, -0.05) is 20.8 Å². The van der Waals surface area contributed by atoms with Crippen LogP contribution >= 0.6 is 0 Å². The molecule has 0 spiro atoms. The fourth-order valence-corrected chi connectivity index (χ4v) is 2.14. The summed E-state index contributed by atoms with van der Waals surface area (Å²) >= 11 is 0. The number of hydrogen-bond donors (Lipinski definition) is 1. The lowest BCUT2D eigenvalue weighted by molar-refractivity contribution is 0.0689. The summed E-state index contributed by atoms with van der Waals surface area (Å²) < 4.78 is 0. The minimum atomic E-state index is -0.987. The molecule has 4 nitrogen and oxygen atoms in total. The molecular weight excluding hydrogens is 180 g/mol. The third-order valence-electron chi connectivity index (χ3n) is 3.04. The van der Waals surface area contributed by atoms with Crippen LogP contribution in [0.15, 0.2) is 0 Å². The van der Waals surface area contributed by atoms with Crippen LogP contribution in [-0.2, 0) is 0 Å². The summed E-state index contributed by atoms with van der Waals surface area (Å²) in [5.74, 6) is 0. The van der Waals surface area contributed by atoms with Gasteiger partial charge in [0.1, 0.15) is 5.54 Å². The molecule has 1 atom stereocenters. The fraction of sp³-hybridized carbons (Fsp3) is 0.800. The summed E-state index contributed by atoms with van der Waals surface area (Å²) in [6, 6.07) is 2.19. The van der Waals surface area contributed by atoms with E-state index in [1.54, 1.807) is 0 Å². The maximum atomic E-state index is 11.0. The first-order chi connectivity index (χ1) is 6.35. The van der Waals surface area contributed by atoms with Gasteiger partial charge in [-0.2, -0.15) is 5.26 Å². The summed E-state index contributed by atoms with van der Waals surface area (Å²) in [7, 11) is 0. The Balaban J connectivity index is 3.12. The summed E-state index contributed by atoms with van der Waals surface area (Å²) in [5.41, 5.74) is -1.19. The number of carbonyl (C=O) groups is 1. The van der Waals surface area contributed by atoms with Gasteiger partial charge in [0.15, 0.2) is 0 Å². The van der Waals surface area contributed by atoms with E-state index in [1.165, 1.54) is 4.90 Å². The molecule has 78 valence electrons. The molecule has 0 unspecified atom stereocenters. The molecule has 0 saturated carbocycles. The predicted octanol–water partition coefficient (Wildman–Crippen LogP) is 2.07. The van der Waals surface area contributed by atoms with Crippen LogP contribution in [0.4, 0.5) is 4.79 Å². The van der Waals surface area contributed by atoms with Crippen LogP contribution in [0.3, 0.4) is 0 Å². The van der Waals surface area contributed by atoms with E-state index >= 15 is 0 Å². The molecule has 0 aromatic carbocycles. The van der Waals surface area contributed by atoms with Crippen molar-refractivity contribution in [3.8, 4) is 6.07 Å². The van der Waals surface area contributed by atoms with Gasteiger partial charge in [-0.3, -0.25) is 4.90 Å². The maximum absolute atomic E-state index is 11.0. The second-order valence-electron chi connectivity index (χ2n) is 4.76. The lowest BCUT2D eigenvalue weighted by atomic mass is 9.73. The van der Waals surface area contributed by atoms with Crippen LogP contribution in [0.5, 0.6) is 0 Å². The molecule has 1 amide bonds. The van der Waals surface area contributed by atoms with Crippen molar-refractivity contribution in [2.24, 2.45) is 5.41 Å². The van der Waals surface area contributed by atoms with Crippen LogP contribution in [-0.4, -0.2) is 28.2 Å². The molecule has 1 fully saturated rings. The van der Waals surface area contributed by atoms with E-state index in [9.17, 15) is 10.1 Å². The highest BCUT2D eigenvalue weighted by atomic mass is 16.4. The molecule has 1 rings (SSSR count). The van der Waals surface area contributed by atoms with Crippen LogP contribution in [0.2, 0.25) is 0 Å². The number of likely N-dealkylation sites (tertiary alicyclic amines) is 1. The number of hydrogen-bond acceptors (Lipinski definition) is 2. The lowest BCUT2D eigenvalue weighted by Crippen LogP contribution is -2.54. The van der Waals surface area contributed by atoms with Crippen molar-refractivity contribution in [1.29, 1.82) is 5.26 Å². The molecule has 1 N–H and O–H groups in total. The van der Waals surface area contributed by atoms with Crippen LogP contribution in [0.25, 0.3) is 0 Å². The summed E-state index contributed by atoms with van der Waals surface area (Å²) in [4.78, 5) is 12.3. The largest absolute Gasteiger partial charge is 0.465 e. The Labute approximate surface area is 84.1 Å². The fourth-order valence-electron chi connectivity index (χ4n) is 2.14. The van der Waals surface area contributed by atoms with Gasteiger partial charge in [0, 0.05) is 6.54 Å². The molecule has 1 aliphatic rings. The summed E-state index contributed by atoms with van der Waals surface area (Å²) in [6.07, 6.45) is 0.426. The van der Waals surface area contributed by atoms with E-state index in [1.807, 2.05) is 20.8 Å². The highest BCUT2D eigenvalue weighted by Crippen LogP contribution is 2.43. The molecule has 0 aromatic heterocycles. The molecule has 1 saturated heterocycles. The quantitative estimate of drug-likeness (QED) is 0.645. The van der Waals surface area contributed by atoms with Crippen molar-refractivity contribution in [2.75, 3.05) is 6.54 Å². The van der Waals surface area contributed by atoms with E-state index < -0.39 is 11.6 Å². The molecule has 0 bridgehead atoms. The van der Waals surface area contributed by atoms with Gasteiger partial charge < -0.3 is 5.11 Å². The van der Waals surface area contributed by atoms with E-state index in [4.69, 9.17) is 5.11 Å². The van der Waals surface area contributed by atoms with E-state index in [2.05, 4.69) is 6.07 Å². The molecular formula is C10H16N2O2. The Morgan fingerprint density at radius 3 is 2.43 bits per heavy atom. The number of nitrogens with zero attached hydrogens (tertiary/aromatic N) is 2. The van der Waals surface area contributed by atoms with Crippen molar-refractivity contribution in [3.63, 3.8) is 0 Å². The second kappa shape index (κ2) is 3.16. The standard InChI is InChI=1S/C10H16N2O2/c1-9(2,3)10(7-11)5-4-6-12(10)8(13)14/h4-6H2,1-3H3,(H,13,14)/t10-/m1/s1. The zero-order chi connectivity index (χ0) is 11.0. The lowest BCUT2D eigenvalue weighted by Gasteiger charge is -2.41. The van der Waals surface area contributed by atoms with Crippen LogP contribution in [0, 0.1) is 16.7 Å². The van der Waals surface area contributed by atoms with Crippen molar-refractivity contribution >= 4 is 6.09 Å². The second-order valence-corrected chi connectivity index (χ2v) is 4.76. The van der Waals surface area contributed by atoms with Gasteiger partial charge in [-0.25, -0.2) is 4.79 Å². The zero-order valence-corrected chi connectivity index (χ0v) is 8.87. The maximum Gasteiger partial charge on any atom is 0.408 e. The highest BCUT2D eigenvalue weighted by Gasteiger charge is 2.52. The Morgan fingerprint density at radius 2 is 2.14 bits per heavy atom. The smallest absolute Gasteiger partial charge is 0.408 e. The Hall–Kier alpha value is -1.24. The highest BCUT2D eigenvalue weighted by molar-refractivity contribution is 5.67. The monoisotopic (exact) mass is 196 g/mol. The molecule has 0 aromatic rings. The van der Waals surface area contributed by atoms with Crippen molar-refractivity contribution in [1.82, 2.24) is 4.90 Å². The average molecular weight is 196 g/mol. The van der Waals surface area contributed by atoms with Gasteiger partial charge in [-0.05, 0) is 18.3 Å².